The lowest BCUT2D eigenvalue weighted by Gasteiger charge is -2.11. The molecule has 0 saturated carbocycles. The van der Waals surface area contributed by atoms with Crippen LogP contribution in [0.4, 0.5) is 33.7 Å². The first-order chi connectivity index (χ1) is 16.3. The monoisotopic (exact) mass is 469 g/mol. The summed E-state index contributed by atoms with van der Waals surface area (Å²) in [5.74, 6) is 0. The highest BCUT2D eigenvalue weighted by molar-refractivity contribution is 6.00. The molecule has 10 heteroatoms. The summed E-state index contributed by atoms with van der Waals surface area (Å²) in [6, 6.07) is 14.1. The average molecular weight is 469 g/mol. The van der Waals surface area contributed by atoms with Crippen molar-refractivity contribution in [3.63, 3.8) is 0 Å². The third kappa shape index (κ3) is 5.40. The van der Waals surface area contributed by atoms with Crippen molar-refractivity contribution in [2.75, 3.05) is 17.3 Å². The molecule has 2 aromatic carbocycles. The number of alkyl halides is 4. The number of anilines is 2. The molecule has 2 N–H and O–H groups in total. The Morgan fingerprint density at radius 3 is 2.29 bits per heavy atom. The average Bonchev–Trinajstić information content (AvgIpc) is 3.24. The topological polar surface area (TPSA) is 71.8 Å². The van der Waals surface area contributed by atoms with E-state index >= 15 is 0 Å². The number of carbonyl (C=O) groups is 1. The fourth-order valence-electron chi connectivity index (χ4n) is 3.36. The zero-order valence-corrected chi connectivity index (χ0v) is 17.7. The molecule has 0 radical (unpaired) electrons. The molecule has 0 unspecified atom stereocenters. The number of hydrogen-bond donors (Lipinski definition) is 2. The van der Waals surface area contributed by atoms with E-state index in [1.165, 1.54) is 16.8 Å². The van der Waals surface area contributed by atoms with Crippen LogP contribution >= 0.6 is 0 Å². The quantitative estimate of drug-likeness (QED) is 0.328. The third-order valence-electron chi connectivity index (χ3n) is 4.93. The Hall–Kier alpha value is -4.21. The van der Waals surface area contributed by atoms with E-state index in [1.54, 1.807) is 36.8 Å². The smallest absolute Gasteiger partial charge is 0.308 e. The molecule has 0 saturated heterocycles. The van der Waals surface area contributed by atoms with Crippen LogP contribution in [0.15, 0.2) is 79.3 Å². The first-order valence-electron chi connectivity index (χ1n) is 10.2. The maximum Gasteiger partial charge on any atom is 0.416 e. The number of nitrogens with zero attached hydrogens (tertiary/aromatic N) is 3. The van der Waals surface area contributed by atoms with Gasteiger partial charge in [0.15, 0.2) is 0 Å². The van der Waals surface area contributed by atoms with Gasteiger partial charge in [-0.1, -0.05) is 12.1 Å². The summed E-state index contributed by atoms with van der Waals surface area (Å²) in [6.45, 7) is -0.464. The second kappa shape index (κ2) is 9.74. The summed E-state index contributed by atoms with van der Waals surface area (Å²) >= 11 is 0. The number of hydrogen-bond acceptors (Lipinski definition) is 3. The predicted molar refractivity (Wildman–Crippen MR) is 121 cm³/mol. The van der Waals surface area contributed by atoms with Gasteiger partial charge in [-0.25, -0.2) is 9.18 Å². The molecule has 6 nitrogen and oxygen atoms in total. The molecule has 2 amide bonds. The van der Waals surface area contributed by atoms with Crippen molar-refractivity contribution in [3.05, 3.63) is 84.8 Å². The Balaban J connectivity index is 1.54. The normalized spacial score (nSPS) is 11.3. The first kappa shape index (κ1) is 23.0. The Morgan fingerprint density at radius 2 is 1.62 bits per heavy atom. The number of aryl methyl sites for hydroxylation is 1. The fraction of sp³-hybridized carbons (Fsp3) is 0.125. The first-order valence-corrected chi connectivity index (χ1v) is 10.2. The molecule has 0 aliphatic heterocycles. The number of urea groups is 1. The predicted octanol–water partition coefficient (Wildman–Crippen LogP) is 6.24. The lowest BCUT2D eigenvalue weighted by molar-refractivity contribution is -0.137. The number of nitrogens with one attached hydrogen (secondary N) is 2. The molecule has 4 rings (SSSR count). The number of aromatic nitrogens is 3. The zero-order chi connectivity index (χ0) is 24.1. The number of amides is 2. The molecular formula is C24H19F4N5O. The van der Waals surface area contributed by atoms with Crippen LogP contribution in [0.3, 0.4) is 0 Å². The minimum atomic E-state index is -4.45. The molecule has 2 aromatic heterocycles. The second-order valence-electron chi connectivity index (χ2n) is 7.31. The summed E-state index contributed by atoms with van der Waals surface area (Å²) in [5, 5.41) is 9.66. The van der Waals surface area contributed by atoms with Crippen molar-refractivity contribution in [3.8, 4) is 22.4 Å². The van der Waals surface area contributed by atoms with Gasteiger partial charge in [0.1, 0.15) is 12.4 Å². The number of pyridine rings is 1. The van der Waals surface area contributed by atoms with Gasteiger partial charge in [-0.15, -0.1) is 0 Å². The number of halogens is 4. The molecule has 4 aromatic rings. The maximum atomic E-state index is 12.9. The van der Waals surface area contributed by atoms with Crippen LogP contribution in [-0.2, 0) is 12.7 Å². The van der Waals surface area contributed by atoms with Gasteiger partial charge in [-0.3, -0.25) is 9.67 Å². The molecule has 2 heterocycles. The van der Waals surface area contributed by atoms with Crippen molar-refractivity contribution in [2.24, 2.45) is 0 Å². The SMILES string of the molecule is O=C(Nc1ccc(C(F)(F)F)cc1)Nc1cccc(-c2nn(CCF)cc2-c2ccncc2)c1. The van der Waals surface area contributed by atoms with Crippen LogP contribution in [0.1, 0.15) is 5.56 Å². The highest BCUT2D eigenvalue weighted by atomic mass is 19.4. The van der Waals surface area contributed by atoms with E-state index in [1.807, 2.05) is 18.2 Å². The highest BCUT2D eigenvalue weighted by Gasteiger charge is 2.30. The summed E-state index contributed by atoms with van der Waals surface area (Å²) in [6.07, 6.45) is 0.597. The van der Waals surface area contributed by atoms with E-state index in [-0.39, 0.29) is 12.2 Å². The fourth-order valence-corrected chi connectivity index (χ4v) is 3.36. The lowest BCUT2D eigenvalue weighted by Crippen LogP contribution is -2.19. The highest BCUT2D eigenvalue weighted by Crippen LogP contribution is 2.32. The van der Waals surface area contributed by atoms with Crippen molar-refractivity contribution in [1.82, 2.24) is 14.8 Å². The van der Waals surface area contributed by atoms with E-state index in [0.717, 1.165) is 23.3 Å². The van der Waals surface area contributed by atoms with Crippen molar-refractivity contribution in [1.29, 1.82) is 0 Å². The van der Waals surface area contributed by atoms with E-state index in [4.69, 9.17) is 0 Å². The largest absolute Gasteiger partial charge is 0.416 e. The molecular weight excluding hydrogens is 450 g/mol. The minimum absolute atomic E-state index is 0.103. The van der Waals surface area contributed by atoms with Crippen LogP contribution in [0.2, 0.25) is 0 Å². The molecule has 34 heavy (non-hydrogen) atoms. The molecule has 0 fully saturated rings. The van der Waals surface area contributed by atoms with Gasteiger partial charge in [0.05, 0.1) is 12.1 Å². The van der Waals surface area contributed by atoms with Gasteiger partial charge in [0.2, 0.25) is 0 Å². The Bertz CT molecular complexity index is 1270. The van der Waals surface area contributed by atoms with Crippen LogP contribution in [0, 0.1) is 0 Å². The summed E-state index contributed by atoms with van der Waals surface area (Å²) in [5.41, 5.74) is 2.79. The molecule has 0 spiro atoms. The second-order valence-corrected chi connectivity index (χ2v) is 7.31. The van der Waals surface area contributed by atoms with Gasteiger partial charge in [-0.2, -0.15) is 18.3 Å². The van der Waals surface area contributed by atoms with Gasteiger partial charge in [-0.05, 0) is 54.1 Å². The van der Waals surface area contributed by atoms with Crippen LogP contribution in [-0.4, -0.2) is 27.5 Å². The maximum absolute atomic E-state index is 12.9. The standard InChI is InChI=1S/C24H19F4N5O/c25-10-13-33-15-21(16-8-11-29-12-9-16)22(32-33)17-2-1-3-20(14-17)31-23(34)30-19-6-4-18(5-7-19)24(26,27)28/h1-9,11-12,14-15H,10,13H2,(H2,30,31,34). The van der Waals surface area contributed by atoms with Crippen LogP contribution < -0.4 is 10.6 Å². The van der Waals surface area contributed by atoms with Crippen molar-refractivity contribution < 1.29 is 22.4 Å². The molecule has 174 valence electrons. The summed E-state index contributed by atoms with van der Waals surface area (Å²) < 4.78 is 52.5. The van der Waals surface area contributed by atoms with Gasteiger partial charge in [0.25, 0.3) is 0 Å². The number of benzene rings is 2. The minimum Gasteiger partial charge on any atom is -0.308 e. The lowest BCUT2D eigenvalue weighted by atomic mass is 10.0. The Kier molecular flexibility index (Phi) is 6.58. The number of rotatable bonds is 6. The molecule has 0 bridgehead atoms. The van der Waals surface area contributed by atoms with Crippen LogP contribution in [0.25, 0.3) is 22.4 Å². The Morgan fingerprint density at radius 1 is 0.912 bits per heavy atom. The van der Waals surface area contributed by atoms with E-state index in [0.29, 0.717) is 16.9 Å². The Labute approximate surface area is 192 Å². The molecule has 0 aliphatic carbocycles. The molecule has 0 aliphatic rings. The summed E-state index contributed by atoms with van der Waals surface area (Å²) in [7, 11) is 0. The van der Waals surface area contributed by atoms with E-state index in [9.17, 15) is 22.4 Å². The molecule has 0 atom stereocenters. The summed E-state index contributed by atoms with van der Waals surface area (Å²) in [4.78, 5) is 16.4. The van der Waals surface area contributed by atoms with Crippen molar-refractivity contribution >= 4 is 17.4 Å². The van der Waals surface area contributed by atoms with Gasteiger partial charge >= 0.3 is 12.2 Å². The van der Waals surface area contributed by atoms with Gasteiger partial charge < -0.3 is 10.6 Å². The van der Waals surface area contributed by atoms with Gasteiger partial charge in [0, 0.05) is 41.1 Å². The van der Waals surface area contributed by atoms with Crippen LogP contribution in [0.5, 0.6) is 0 Å². The third-order valence-corrected chi connectivity index (χ3v) is 4.93. The number of carbonyl (C=O) groups excluding carboxylic acids is 1. The van der Waals surface area contributed by atoms with E-state index < -0.39 is 24.4 Å². The van der Waals surface area contributed by atoms with Crippen molar-refractivity contribution in [2.45, 2.75) is 12.7 Å². The zero-order valence-electron chi connectivity index (χ0n) is 17.7. The van der Waals surface area contributed by atoms with E-state index in [2.05, 4.69) is 20.7 Å².